The van der Waals surface area contributed by atoms with E-state index in [9.17, 15) is 8.42 Å². The molecule has 0 aromatic rings. The highest BCUT2D eigenvalue weighted by atomic mass is 32.2. The highest BCUT2D eigenvalue weighted by Gasteiger charge is 2.41. The maximum absolute atomic E-state index is 11.1. The minimum atomic E-state index is -3.11. The fourth-order valence-corrected chi connectivity index (χ4v) is 3.21. The van der Waals surface area contributed by atoms with Crippen molar-refractivity contribution in [2.75, 3.05) is 26.0 Å². The second-order valence-corrected chi connectivity index (χ2v) is 6.32. The van der Waals surface area contributed by atoms with E-state index in [-0.39, 0.29) is 11.6 Å². The molecule has 1 atom stereocenters. The van der Waals surface area contributed by atoms with Gasteiger partial charge in [-0.3, -0.25) is 0 Å². The molecule has 0 radical (unpaired) electrons. The number of hydrogen-bond donors (Lipinski definition) is 2. The molecule has 0 aliphatic carbocycles. The lowest BCUT2D eigenvalue weighted by molar-refractivity contribution is -0.0193. The van der Waals surface area contributed by atoms with E-state index in [0.717, 1.165) is 32.4 Å². The van der Waals surface area contributed by atoms with Crippen molar-refractivity contribution in [1.29, 1.82) is 0 Å². The van der Waals surface area contributed by atoms with Crippen LogP contribution in [0.15, 0.2) is 0 Å². The molecule has 0 saturated carbocycles. The van der Waals surface area contributed by atoms with Gasteiger partial charge in [0.1, 0.15) is 0 Å². The maximum Gasteiger partial charge on any atom is 0.209 e. The monoisotopic (exact) mass is 234 g/mol. The van der Waals surface area contributed by atoms with Gasteiger partial charge in [0, 0.05) is 6.04 Å². The molecule has 2 aliphatic heterocycles. The van der Waals surface area contributed by atoms with Crippen molar-refractivity contribution < 1.29 is 13.2 Å². The van der Waals surface area contributed by atoms with E-state index < -0.39 is 10.0 Å². The van der Waals surface area contributed by atoms with Gasteiger partial charge in [0.25, 0.3) is 0 Å². The van der Waals surface area contributed by atoms with Crippen LogP contribution < -0.4 is 10.0 Å². The zero-order valence-corrected chi connectivity index (χ0v) is 9.77. The van der Waals surface area contributed by atoms with E-state index in [0.29, 0.717) is 6.61 Å². The third-order valence-electron chi connectivity index (χ3n) is 3.10. The molecule has 1 unspecified atom stereocenters. The fraction of sp³-hybridized carbons (Fsp3) is 1.00. The van der Waals surface area contributed by atoms with Crippen LogP contribution in [-0.2, 0) is 14.8 Å². The lowest BCUT2D eigenvalue weighted by atomic mass is 9.88. The predicted octanol–water partition coefficient (Wildman–Crippen LogP) is -0.553. The molecule has 0 aromatic heterocycles. The first-order valence-electron chi connectivity index (χ1n) is 5.31. The Morgan fingerprint density at radius 1 is 1.40 bits per heavy atom. The number of piperidine rings is 1. The molecule has 2 N–H and O–H groups in total. The average molecular weight is 234 g/mol. The van der Waals surface area contributed by atoms with Crippen LogP contribution in [0.3, 0.4) is 0 Å². The van der Waals surface area contributed by atoms with E-state index in [1.165, 1.54) is 6.26 Å². The first-order valence-corrected chi connectivity index (χ1v) is 7.20. The summed E-state index contributed by atoms with van der Waals surface area (Å²) in [4.78, 5) is 0. The number of hydrogen-bond acceptors (Lipinski definition) is 4. The van der Waals surface area contributed by atoms with Crippen LogP contribution in [0.4, 0.5) is 0 Å². The molecule has 5 nitrogen and oxygen atoms in total. The SMILES string of the molecule is CS(=O)(=O)NC1COC2(CCNCC2)C1. The number of ether oxygens (including phenoxy) is 1. The number of rotatable bonds is 2. The fourth-order valence-electron chi connectivity index (χ4n) is 2.45. The smallest absolute Gasteiger partial charge is 0.209 e. The molecule has 2 rings (SSSR count). The molecule has 6 heteroatoms. The van der Waals surface area contributed by atoms with Crippen molar-refractivity contribution >= 4 is 10.0 Å². The van der Waals surface area contributed by atoms with E-state index in [2.05, 4.69) is 10.0 Å². The van der Waals surface area contributed by atoms with Crippen molar-refractivity contribution in [2.45, 2.75) is 30.9 Å². The lowest BCUT2D eigenvalue weighted by Crippen LogP contribution is -2.42. The van der Waals surface area contributed by atoms with Crippen LogP contribution in [0.25, 0.3) is 0 Å². The second kappa shape index (κ2) is 4.01. The minimum absolute atomic E-state index is 0.0434. The average Bonchev–Trinajstić information content (AvgIpc) is 2.47. The predicted molar refractivity (Wildman–Crippen MR) is 57.2 cm³/mol. The normalized spacial score (nSPS) is 30.9. The summed E-state index contributed by atoms with van der Waals surface area (Å²) in [6.45, 7) is 2.43. The van der Waals surface area contributed by atoms with Crippen molar-refractivity contribution in [3.8, 4) is 0 Å². The van der Waals surface area contributed by atoms with Gasteiger partial charge in [0.05, 0.1) is 18.5 Å². The first kappa shape index (κ1) is 11.3. The first-order chi connectivity index (χ1) is 6.99. The van der Waals surface area contributed by atoms with Crippen LogP contribution in [-0.4, -0.2) is 46.0 Å². The Balaban J connectivity index is 1.93. The Bertz CT molecular complexity index is 322. The topological polar surface area (TPSA) is 67.4 Å². The van der Waals surface area contributed by atoms with Gasteiger partial charge in [-0.1, -0.05) is 0 Å². The molecule has 0 bridgehead atoms. The Morgan fingerprint density at radius 2 is 2.07 bits per heavy atom. The Hall–Kier alpha value is -0.170. The van der Waals surface area contributed by atoms with Gasteiger partial charge in [0.15, 0.2) is 0 Å². The molecular weight excluding hydrogens is 216 g/mol. The molecule has 2 heterocycles. The maximum atomic E-state index is 11.1. The summed E-state index contributed by atoms with van der Waals surface area (Å²) in [5, 5.41) is 3.28. The van der Waals surface area contributed by atoms with Gasteiger partial charge in [-0.2, -0.15) is 0 Å². The standard InChI is InChI=1S/C9H18N2O3S/c1-15(12,13)11-8-6-9(14-7-8)2-4-10-5-3-9/h8,10-11H,2-7H2,1H3. The lowest BCUT2D eigenvalue weighted by Gasteiger charge is -2.32. The van der Waals surface area contributed by atoms with Crippen LogP contribution in [0, 0.1) is 0 Å². The quantitative estimate of drug-likeness (QED) is 0.672. The minimum Gasteiger partial charge on any atom is -0.373 e. The highest BCUT2D eigenvalue weighted by Crippen LogP contribution is 2.33. The van der Waals surface area contributed by atoms with Gasteiger partial charge in [-0.15, -0.1) is 0 Å². The number of sulfonamides is 1. The van der Waals surface area contributed by atoms with E-state index in [1.54, 1.807) is 0 Å². The number of nitrogens with one attached hydrogen (secondary N) is 2. The third-order valence-corrected chi connectivity index (χ3v) is 3.87. The molecule has 2 saturated heterocycles. The van der Waals surface area contributed by atoms with Crippen LogP contribution in [0.2, 0.25) is 0 Å². The highest BCUT2D eigenvalue weighted by molar-refractivity contribution is 7.88. The summed E-state index contributed by atoms with van der Waals surface area (Å²) in [7, 11) is -3.11. The summed E-state index contributed by atoms with van der Waals surface area (Å²) in [6.07, 6.45) is 3.96. The molecule has 0 amide bonds. The summed E-state index contributed by atoms with van der Waals surface area (Å²) >= 11 is 0. The summed E-state index contributed by atoms with van der Waals surface area (Å²) in [6, 6.07) is -0.0434. The summed E-state index contributed by atoms with van der Waals surface area (Å²) in [5.74, 6) is 0. The van der Waals surface area contributed by atoms with E-state index >= 15 is 0 Å². The zero-order chi connectivity index (χ0) is 10.9. The molecule has 88 valence electrons. The van der Waals surface area contributed by atoms with Crippen LogP contribution in [0.1, 0.15) is 19.3 Å². The third kappa shape index (κ3) is 2.90. The Kier molecular flexibility index (Phi) is 3.03. The van der Waals surface area contributed by atoms with Crippen molar-refractivity contribution in [2.24, 2.45) is 0 Å². The molecule has 0 aromatic carbocycles. The van der Waals surface area contributed by atoms with Crippen LogP contribution in [0.5, 0.6) is 0 Å². The molecule has 2 fully saturated rings. The van der Waals surface area contributed by atoms with Gasteiger partial charge < -0.3 is 10.1 Å². The molecule has 15 heavy (non-hydrogen) atoms. The Labute approximate surface area is 90.6 Å². The second-order valence-electron chi connectivity index (χ2n) is 4.54. The van der Waals surface area contributed by atoms with Crippen molar-refractivity contribution in [3.05, 3.63) is 0 Å². The molecular formula is C9H18N2O3S. The largest absolute Gasteiger partial charge is 0.373 e. The summed E-state index contributed by atoms with van der Waals surface area (Å²) in [5.41, 5.74) is -0.0758. The summed E-state index contributed by atoms with van der Waals surface area (Å²) < 4.78 is 30.5. The zero-order valence-electron chi connectivity index (χ0n) is 8.95. The Morgan fingerprint density at radius 3 is 2.67 bits per heavy atom. The molecule has 2 aliphatic rings. The van der Waals surface area contributed by atoms with Crippen LogP contribution >= 0.6 is 0 Å². The van der Waals surface area contributed by atoms with Crippen molar-refractivity contribution in [3.63, 3.8) is 0 Å². The van der Waals surface area contributed by atoms with Gasteiger partial charge >= 0.3 is 0 Å². The van der Waals surface area contributed by atoms with Gasteiger partial charge in [-0.05, 0) is 32.4 Å². The van der Waals surface area contributed by atoms with E-state index in [4.69, 9.17) is 4.74 Å². The van der Waals surface area contributed by atoms with Gasteiger partial charge in [0.2, 0.25) is 10.0 Å². The van der Waals surface area contributed by atoms with Crippen molar-refractivity contribution in [1.82, 2.24) is 10.0 Å². The van der Waals surface area contributed by atoms with Gasteiger partial charge in [-0.25, -0.2) is 13.1 Å². The van der Waals surface area contributed by atoms with E-state index in [1.807, 2.05) is 0 Å². The molecule has 1 spiro atoms.